The minimum absolute atomic E-state index is 0.0232. The smallest absolute Gasteiger partial charge is 0.414 e. The quantitative estimate of drug-likeness (QED) is 0.191. The Balaban J connectivity index is 1.45. The highest BCUT2D eigenvalue weighted by molar-refractivity contribution is 7.99. The van der Waals surface area contributed by atoms with Gasteiger partial charge in [0, 0.05) is 49.6 Å². The van der Waals surface area contributed by atoms with E-state index >= 15 is 4.39 Å². The molecule has 36 heavy (non-hydrogen) atoms. The molecule has 2 aliphatic rings. The molecule has 2 aliphatic heterocycles. The van der Waals surface area contributed by atoms with Crippen molar-refractivity contribution in [1.82, 2.24) is 4.48 Å². The molecule has 1 amide bonds. The zero-order valence-electron chi connectivity index (χ0n) is 20.9. The van der Waals surface area contributed by atoms with Crippen molar-refractivity contribution in [3.8, 4) is 0 Å². The molecule has 2 aromatic rings. The Morgan fingerprint density at radius 2 is 1.94 bits per heavy atom. The lowest BCUT2D eigenvalue weighted by atomic mass is 10.2. The number of hydrogen-bond donors (Lipinski definition) is 0. The molecule has 3 heterocycles. The van der Waals surface area contributed by atoms with E-state index in [1.165, 1.54) is 12.1 Å². The van der Waals surface area contributed by atoms with E-state index in [9.17, 15) is 14.9 Å². The van der Waals surface area contributed by atoms with Gasteiger partial charge in [-0.3, -0.25) is 10.1 Å². The van der Waals surface area contributed by atoms with E-state index in [2.05, 4.69) is 18.7 Å². The molecule has 2 unspecified atom stereocenters. The Morgan fingerprint density at radius 3 is 2.53 bits per heavy atom. The molecule has 196 valence electrons. The number of unbranched alkanes of at least 4 members (excludes halogenated alkanes) is 1. The number of carbonyl (C=O) groups is 1. The minimum atomic E-state index is -0.376. The molecule has 4 rings (SSSR count). The lowest BCUT2D eigenvalue weighted by Gasteiger charge is -2.37. The summed E-state index contributed by atoms with van der Waals surface area (Å²) in [6, 6.07) is 8.45. The second kappa shape index (κ2) is 11.8. The van der Waals surface area contributed by atoms with Crippen LogP contribution in [-0.2, 0) is 4.74 Å². The zero-order valence-corrected chi connectivity index (χ0v) is 22.5. The number of benzene rings is 1. The van der Waals surface area contributed by atoms with E-state index in [1.807, 2.05) is 11.0 Å². The summed E-state index contributed by atoms with van der Waals surface area (Å²) < 4.78 is 20.8. The third-order valence-corrected chi connectivity index (χ3v) is 9.76. The van der Waals surface area contributed by atoms with E-state index < -0.39 is 0 Å². The molecule has 0 N–H and O–H groups in total. The number of anilines is 2. The van der Waals surface area contributed by atoms with Gasteiger partial charge in [-0.05, 0) is 36.3 Å². The molecule has 2 saturated heterocycles. The molecule has 8 nitrogen and oxygen atoms in total. The number of quaternary nitrogens is 1. The van der Waals surface area contributed by atoms with Gasteiger partial charge in [0.1, 0.15) is 24.7 Å². The molecular weight excluding hydrogens is 503 g/mol. The number of nitrogens with zero attached hydrogens (tertiary/aromatic N) is 4. The highest BCUT2D eigenvalue weighted by Crippen LogP contribution is 2.37. The first-order valence-electron chi connectivity index (χ1n) is 12.6. The summed E-state index contributed by atoms with van der Waals surface area (Å²) in [6.07, 6.45) is 4.16. The van der Waals surface area contributed by atoms with E-state index in [-0.39, 0.29) is 26.3 Å². The standard InChI is InChI=1S/C25H34FN4O4S2/c1-3-5-6-20(4-2)35-18-30(15-16-34-25(30)31)19-7-8-22(21(26)17-19)27-11-13-28(14-12-27)23-9-10-24(36-23)29(32)33/h7-10,17,20H,3-6,11-16,18H2,1-2H3/q+1. The lowest BCUT2D eigenvalue weighted by molar-refractivity contribution is -0.380. The van der Waals surface area contributed by atoms with E-state index in [0.29, 0.717) is 61.8 Å². The normalized spacial score (nSPS) is 21.0. The molecule has 2 fully saturated rings. The summed E-state index contributed by atoms with van der Waals surface area (Å²) in [5.41, 5.74) is 1.16. The van der Waals surface area contributed by atoms with Crippen LogP contribution >= 0.6 is 23.1 Å². The number of thioether (sulfide) groups is 1. The van der Waals surface area contributed by atoms with Gasteiger partial charge in [0.05, 0.1) is 15.6 Å². The van der Waals surface area contributed by atoms with Crippen molar-refractivity contribution < 1.29 is 18.8 Å². The third-order valence-electron chi connectivity index (χ3n) is 7.03. The maximum absolute atomic E-state index is 15.4. The number of ether oxygens (including phenoxy) is 1. The fraction of sp³-hybridized carbons (Fsp3) is 0.560. The number of carbonyl (C=O) groups excluding carboxylic acids is 1. The number of amides is 1. The first kappa shape index (κ1) is 26.7. The highest BCUT2D eigenvalue weighted by atomic mass is 32.2. The second-order valence-corrected chi connectivity index (χ2v) is 11.6. The second-order valence-electron chi connectivity index (χ2n) is 9.25. The van der Waals surface area contributed by atoms with Gasteiger partial charge < -0.3 is 14.5 Å². The van der Waals surface area contributed by atoms with Crippen molar-refractivity contribution in [2.24, 2.45) is 0 Å². The lowest BCUT2D eigenvalue weighted by Crippen LogP contribution is -2.50. The molecule has 0 aliphatic carbocycles. The molecule has 0 bridgehead atoms. The monoisotopic (exact) mass is 537 g/mol. The molecule has 1 aromatic heterocycles. The van der Waals surface area contributed by atoms with Crippen molar-refractivity contribution in [3.63, 3.8) is 0 Å². The predicted molar refractivity (Wildman–Crippen MR) is 146 cm³/mol. The predicted octanol–water partition coefficient (Wildman–Crippen LogP) is 6.24. The van der Waals surface area contributed by atoms with Crippen LogP contribution in [0, 0.1) is 15.9 Å². The summed E-state index contributed by atoms with van der Waals surface area (Å²) in [4.78, 5) is 27.6. The largest absolute Gasteiger partial charge is 0.522 e. The van der Waals surface area contributed by atoms with Gasteiger partial charge in [-0.1, -0.05) is 38.5 Å². The van der Waals surface area contributed by atoms with Crippen LogP contribution in [0.2, 0.25) is 0 Å². The van der Waals surface area contributed by atoms with Crippen molar-refractivity contribution in [1.29, 1.82) is 0 Å². The molecule has 2 atom stereocenters. The van der Waals surface area contributed by atoms with Crippen LogP contribution < -0.4 is 14.3 Å². The number of cyclic esters (lactones) is 1. The summed E-state index contributed by atoms with van der Waals surface area (Å²) in [5.74, 6) is 0.207. The van der Waals surface area contributed by atoms with Gasteiger partial charge in [0.25, 0.3) is 0 Å². The Hall–Kier alpha value is -2.37. The van der Waals surface area contributed by atoms with Crippen LogP contribution in [0.3, 0.4) is 0 Å². The average molecular weight is 538 g/mol. The molecule has 1 aromatic carbocycles. The summed E-state index contributed by atoms with van der Waals surface area (Å²) in [6.45, 7) is 7.73. The maximum Gasteiger partial charge on any atom is 0.522 e. The first-order chi connectivity index (χ1) is 17.4. The summed E-state index contributed by atoms with van der Waals surface area (Å²) in [5, 5.41) is 12.4. The summed E-state index contributed by atoms with van der Waals surface area (Å²) >= 11 is 2.95. The van der Waals surface area contributed by atoms with Crippen LogP contribution in [0.1, 0.15) is 39.5 Å². The van der Waals surface area contributed by atoms with E-state index in [4.69, 9.17) is 4.74 Å². The number of rotatable bonds is 11. The van der Waals surface area contributed by atoms with Crippen molar-refractivity contribution in [2.45, 2.75) is 44.8 Å². The fourth-order valence-corrected chi connectivity index (χ4v) is 7.06. The van der Waals surface area contributed by atoms with Gasteiger partial charge in [-0.25, -0.2) is 4.39 Å². The number of piperazine rings is 1. The van der Waals surface area contributed by atoms with E-state index in [1.54, 1.807) is 23.9 Å². The van der Waals surface area contributed by atoms with Crippen LogP contribution in [0.15, 0.2) is 30.3 Å². The SMILES string of the molecule is CCCCC(CC)SC[N+]1(c2ccc(N3CCN(c4ccc([N+](=O)[O-])s4)CC3)c(F)c2)CCOC1=O. The molecule has 0 spiro atoms. The zero-order chi connectivity index (χ0) is 25.7. The maximum atomic E-state index is 15.4. The van der Waals surface area contributed by atoms with Crippen LogP contribution in [-0.4, -0.2) is 61.5 Å². The minimum Gasteiger partial charge on any atom is -0.414 e. The van der Waals surface area contributed by atoms with Crippen LogP contribution in [0.25, 0.3) is 0 Å². The molecule has 0 saturated carbocycles. The number of hydrogen-bond acceptors (Lipinski definition) is 8. The Morgan fingerprint density at radius 1 is 1.19 bits per heavy atom. The van der Waals surface area contributed by atoms with Crippen molar-refractivity contribution in [2.75, 3.05) is 55.0 Å². The first-order valence-corrected chi connectivity index (χ1v) is 14.4. The van der Waals surface area contributed by atoms with E-state index in [0.717, 1.165) is 42.0 Å². The Labute approximate surface area is 219 Å². The Kier molecular flexibility index (Phi) is 8.74. The fourth-order valence-electron chi connectivity index (χ4n) is 4.77. The molecule has 11 heteroatoms. The third kappa shape index (κ3) is 5.63. The van der Waals surface area contributed by atoms with Gasteiger partial charge >= 0.3 is 11.1 Å². The summed E-state index contributed by atoms with van der Waals surface area (Å²) in [7, 11) is 0. The highest BCUT2D eigenvalue weighted by Gasteiger charge is 2.47. The van der Waals surface area contributed by atoms with Crippen molar-refractivity contribution in [3.05, 3.63) is 46.3 Å². The number of nitro groups is 1. The van der Waals surface area contributed by atoms with Gasteiger partial charge in [-0.15, -0.1) is 0 Å². The average Bonchev–Trinajstić information content (AvgIpc) is 3.52. The van der Waals surface area contributed by atoms with Crippen molar-refractivity contribution >= 4 is 50.6 Å². The van der Waals surface area contributed by atoms with Crippen LogP contribution in [0.4, 0.5) is 30.6 Å². The Bertz CT molecular complexity index is 1080. The number of thiophene rings is 1. The number of halogens is 1. The van der Waals surface area contributed by atoms with Gasteiger partial charge in [0.2, 0.25) is 0 Å². The topological polar surface area (TPSA) is 75.9 Å². The van der Waals surface area contributed by atoms with Gasteiger partial charge in [-0.2, -0.15) is 9.28 Å². The molecule has 0 radical (unpaired) electrons. The van der Waals surface area contributed by atoms with Crippen LogP contribution in [0.5, 0.6) is 0 Å². The molecular formula is C25H34FN4O4S2+. The van der Waals surface area contributed by atoms with Gasteiger partial charge in [0.15, 0.2) is 5.82 Å².